The first-order valence-electron chi connectivity index (χ1n) is 6.26. The van der Waals surface area contributed by atoms with Gasteiger partial charge in [0.2, 0.25) is 0 Å². The van der Waals surface area contributed by atoms with Crippen molar-refractivity contribution in [3.05, 3.63) is 29.8 Å². The van der Waals surface area contributed by atoms with Crippen molar-refractivity contribution in [2.45, 2.75) is 45.5 Å². The Kier molecular flexibility index (Phi) is 5.23. The summed E-state index contributed by atoms with van der Waals surface area (Å²) in [5, 5.41) is 3.30. The second-order valence-corrected chi connectivity index (χ2v) is 5.44. The summed E-state index contributed by atoms with van der Waals surface area (Å²) in [5.74, 6) is -0.106. The zero-order chi connectivity index (χ0) is 14.5. The molecule has 1 aromatic rings. The zero-order valence-corrected chi connectivity index (χ0v) is 11.5. The summed E-state index contributed by atoms with van der Waals surface area (Å²) in [7, 11) is 0. The topological polar surface area (TPSA) is 21.3 Å². The SMILES string of the molecule is CC(C)(C)NCCCc1ccccc1OC(F)(F)F. The smallest absolute Gasteiger partial charge is 0.406 e. The molecule has 2 nitrogen and oxygen atoms in total. The van der Waals surface area contributed by atoms with E-state index in [-0.39, 0.29) is 11.3 Å². The third-order valence-electron chi connectivity index (χ3n) is 2.48. The first-order chi connectivity index (χ1) is 8.67. The van der Waals surface area contributed by atoms with Crippen LogP contribution in [0.15, 0.2) is 24.3 Å². The Labute approximate surface area is 112 Å². The standard InChI is InChI=1S/C14H20F3NO/c1-13(2,3)18-10-6-8-11-7-4-5-9-12(11)19-14(15,16)17/h4-5,7,9,18H,6,8,10H2,1-3H3. The molecule has 0 aliphatic rings. The maximum absolute atomic E-state index is 12.2. The molecule has 0 unspecified atom stereocenters. The van der Waals surface area contributed by atoms with Crippen LogP contribution in [-0.2, 0) is 6.42 Å². The first-order valence-corrected chi connectivity index (χ1v) is 6.26. The van der Waals surface area contributed by atoms with Crippen molar-refractivity contribution in [1.82, 2.24) is 5.32 Å². The number of hydrogen-bond acceptors (Lipinski definition) is 2. The lowest BCUT2D eigenvalue weighted by molar-refractivity contribution is -0.274. The molecule has 19 heavy (non-hydrogen) atoms. The van der Waals surface area contributed by atoms with Gasteiger partial charge in [-0.15, -0.1) is 13.2 Å². The number of para-hydroxylation sites is 1. The largest absolute Gasteiger partial charge is 0.573 e. The van der Waals surface area contributed by atoms with Crippen molar-refractivity contribution in [1.29, 1.82) is 0 Å². The van der Waals surface area contributed by atoms with Crippen molar-refractivity contribution in [3.63, 3.8) is 0 Å². The fourth-order valence-electron chi connectivity index (χ4n) is 1.68. The quantitative estimate of drug-likeness (QED) is 0.823. The van der Waals surface area contributed by atoms with Crippen LogP contribution < -0.4 is 10.1 Å². The van der Waals surface area contributed by atoms with Crippen molar-refractivity contribution >= 4 is 0 Å². The maximum atomic E-state index is 12.2. The summed E-state index contributed by atoms with van der Waals surface area (Å²) < 4.78 is 40.7. The van der Waals surface area contributed by atoms with E-state index in [1.54, 1.807) is 12.1 Å². The monoisotopic (exact) mass is 275 g/mol. The van der Waals surface area contributed by atoms with Crippen LogP contribution in [0.3, 0.4) is 0 Å². The summed E-state index contributed by atoms with van der Waals surface area (Å²) >= 11 is 0. The summed E-state index contributed by atoms with van der Waals surface area (Å²) in [6.45, 7) is 6.90. The molecule has 1 rings (SSSR count). The van der Waals surface area contributed by atoms with Gasteiger partial charge in [-0.1, -0.05) is 18.2 Å². The van der Waals surface area contributed by atoms with Gasteiger partial charge in [0.1, 0.15) is 5.75 Å². The summed E-state index contributed by atoms with van der Waals surface area (Å²) in [6, 6.07) is 6.27. The predicted molar refractivity (Wildman–Crippen MR) is 69.2 cm³/mol. The van der Waals surface area contributed by atoms with Crippen LogP contribution in [-0.4, -0.2) is 18.4 Å². The van der Waals surface area contributed by atoms with E-state index in [0.29, 0.717) is 12.0 Å². The highest BCUT2D eigenvalue weighted by Crippen LogP contribution is 2.26. The Balaban J connectivity index is 2.54. The molecule has 0 heterocycles. The Bertz CT molecular complexity index is 396. The third-order valence-corrected chi connectivity index (χ3v) is 2.48. The van der Waals surface area contributed by atoms with Crippen LogP contribution in [0.5, 0.6) is 5.75 Å². The van der Waals surface area contributed by atoms with E-state index in [1.807, 2.05) is 20.8 Å². The summed E-state index contributed by atoms with van der Waals surface area (Å²) in [4.78, 5) is 0. The highest BCUT2D eigenvalue weighted by Gasteiger charge is 2.31. The Morgan fingerprint density at radius 2 is 1.74 bits per heavy atom. The summed E-state index contributed by atoms with van der Waals surface area (Å²) in [5.41, 5.74) is 0.595. The molecule has 0 aliphatic carbocycles. The van der Waals surface area contributed by atoms with Crippen molar-refractivity contribution in [2.24, 2.45) is 0 Å². The number of hydrogen-bond donors (Lipinski definition) is 1. The molecule has 5 heteroatoms. The number of halogens is 3. The molecule has 0 amide bonds. The lowest BCUT2D eigenvalue weighted by Crippen LogP contribution is -2.36. The highest BCUT2D eigenvalue weighted by molar-refractivity contribution is 5.33. The summed E-state index contributed by atoms with van der Waals surface area (Å²) in [6.07, 6.45) is -3.33. The van der Waals surface area contributed by atoms with Crippen LogP contribution >= 0.6 is 0 Å². The Morgan fingerprint density at radius 1 is 1.11 bits per heavy atom. The number of aryl methyl sites for hydroxylation is 1. The lowest BCUT2D eigenvalue weighted by Gasteiger charge is -2.20. The van der Waals surface area contributed by atoms with Crippen LogP contribution in [0.1, 0.15) is 32.8 Å². The lowest BCUT2D eigenvalue weighted by atomic mass is 10.1. The van der Waals surface area contributed by atoms with E-state index in [0.717, 1.165) is 13.0 Å². The van der Waals surface area contributed by atoms with Crippen LogP contribution in [0.2, 0.25) is 0 Å². The molecule has 1 aromatic carbocycles. The molecule has 0 aromatic heterocycles. The molecule has 108 valence electrons. The van der Waals surface area contributed by atoms with Gasteiger partial charge >= 0.3 is 6.36 Å². The van der Waals surface area contributed by atoms with Crippen LogP contribution in [0.25, 0.3) is 0 Å². The van der Waals surface area contributed by atoms with Gasteiger partial charge in [-0.2, -0.15) is 0 Å². The van der Waals surface area contributed by atoms with E-state index in [4.69, 9.17) is 0 Å². The molecule has 0 saturated carbocycles. The second kappa shape index (κ2) is 6.28. The zero-order valence-electron chi connectivity index (χ0n) is 11.5. The van der Waals surface area contributed by atoms with Crippen molar-refractivity contribution < 1.29 is 17.9 Å². The van der Waals surface area contributed by atoms with Gasteiger partial charge in [0, 0.05) is 5.54 Å². The third kappa shape index (κ3) is 7.06. The van der Waals surface area contributed by atoms with Crippen LogP contribution in [0, 0.1) is 0 Å². The molecule has 0 bridgehead atoms. The minimum atomic E-state index is -4.64. The van der Waals surface area contributed by atoms with Gasteiger partial charge in [-0.3, -0.25) is 0 Å². The van der Waals surface area contributed by atoms with Gasteiger partial charge < -0.3 is 10.1 Å². The molecule has 0 spiro atoms. The van der Waals surface area contributed by atoms with Crippen molar-refractivity contribution in [2.75, 3.05) is 6.54 Å². The van der Waals surface area contributed by atoms with Crippen LogP contribution in [0.4, 0.5) is 13.2 Å². The minimum Gasteiger partial charge on any atom is -0.406 e. The highest BCUT2D eigenvalue weighted by atomic mass is 19.4. The predicted octanol–water partition coefficient (Wildman–Crippen LogP) is 3.91. The number of alkyl halides is 3. The van der Waals surface area contributed by atoms with Gasteiger partial charge in [-0.05, 0) is 51.8 Å². The van der Waals surface area contributed by atoms with Gasteiger partial charge in [0.15, 0.2) is 0 Å². The molecule has 0 radical (unpaired) electrons. The number of rotatable bonds is 5. The van der Waals surface area contributed by atoms with Crippen molar-refractivity contribution in [3.8, 4) is 5.75 Å². The van der Waals surface area contributed by atoms with Gasteiger partial charge in [0.25, 0.3) is 0 Å². The minimum absolute atomic E-state index is 0.0159. The van der Waals surface area contributed by atoms with E-state index >= 15 is 0 Å². The second-order valence-electron chi connectivity index (χ2n) is 5.44. The molecule has 1 N–H and O–H groups in total. The average molecular weight is 275 g/mol. The molecule has 0 fully saturated rings. The van der Waals surface area contributed by atoms with Gasteiger partial charge in [0.05, 0.1) is 0 Å². The molecule has 0 aliphatic heterocycles. The molecular formula is C14H20F3NO. The molecular weight excluding hydrogens is 255 g/mol. The fourth-order valence-corrected chi connectivity index (χ4v) is 1.68. The fraction of sp³-hybridized carbons (Fsp3) is 0.571. The Morgan fingerprint density at radius 3 is 2.32 bits per heavy atom. The van der Waals surface area contributed by atoms with E-state index in [1.165, 1.54) is 12.1 Å². The molecule has 0 atom stereocenters. The van der Waals surface area contributed by atoms with Gasteiger partial charge in [-0.25, -0.2) is 0 Å². The normalized spacial score (nSPS) is 12.5. The number of nitrogens with one attached hydrogen (secondary N) is 1. The average Bonchev–Trinajstić information content (AvgIpc) is 2.23. The van der Waals surface area contributed by atoms with E-state index in [2.05, 4.69) is 10.1 Å². The van der Waals surface area contributed by atoms with E-state index < -0.39 is 6.36 Å². The number of ether oxygens (including phenoxy) is 1. The van der Waals surface area contributed by atoms with E-state index in [9.17, 15) is 13.2 Å². The molecule has 0 saturated heterocycles. The Hall–Kier alpha value is -1.23. The maximum Gasteiger partial charge on any atom is 0.573 e. The first kappa shape index (κ1) is 15.8. The number of benzene rings is 1.